The van der Waals surface area contributed by atoms with Gasteiger partial charge in [0, 0.05) is 17.9 Å². The number of aromatic nitrogens is 1. The van der Waals surface area contributed by atoms with Gasteiger partial charge >= 0.3 is 6.01 Å². The predicted octanol–water partition coefficient (Wildman–Crippen LogP) is 4.35. The molecule has 2 aromatic carbocycles. The smallest absolute Gasteiger partial charge is 0.302 e. The van der Waals surface area contributed by atoms with Crippen molar-refractivity contribution in [2.24, 2.45) is 0 Å². The molecule has 2 N–H and O–H groups in total. The summed E-state index contributed by atoms with van der Waals surface area (Å²) in [6.45, 7) is 3.05. The molecule has 4 nitrogen and oxygen atoms in total. The molecule has 0 atom stereocenters. The number of nitrogens with two attached hydrogens (primary N) is 1. The molecule has 1 heterocycles. The van der Waals surface area contributed by atoms with Crippen molar-refractivity contribution < 1.29 is 4.42 Å². The molecule has 0 saturated carbocycles. The fraction of sp³-hybridized carbons (Fsp3) is 0.235. The minimum atomic E-state index is 0.621. The molecule has 21 heavy (non-hydrogen) atoms. The van der Waals surface area contributed by atoms with Gasteiger partial charge in [-0.25, -0.2) is 0 Å². The first-order valence-electron chi connectivity index (χ1n) is 7.26. The Labute approximate surface area is 124 Å². The second kappa shape index (κ2) is 5.87. The molecule has 3 aromatic rings. The highest BCUT2D eigenvalue weighted by atomic mass is 16.4. The maximum Gasteiger partial charge on any atom is 0.302 e. The van der Waals surface area contributed by atoms with E-state index in [-0.39, 0.29) is 0 Å². The number of rotatable bonds is 5. The summed E-state index contributed by atoms with van der Waals surface area (Å²) in [7, 11) is 0. The van der Waals surface area contributed by atoms with Crippen molar-refractivity contribution >= 4 is 28.5 Å². The van der Waals surface area contributed by atoms with E-state index >= 15 is 0 Å². The molecule has 0 saturated heterocycles. The van der Waals surface area contributed by atoms with Gasteiger partial charge in [0.2, 0.25) is 0 Å². The summed E-state index contributed by atoms with van der Waals surface area (Å²) < 4.78 is 5.90. The molecule has 0 amide bonds. The molecule has 1 aromatic heterocycles. The average molecular weight is 281 g/mol. The van der Waals surface area contributed by atoms with Crippen LogP contribution in [0.1, 0.15) is 19.8 Å². The normalized spacial score (nSPS) is 10.9. The molecule has 3 rings (SSSR count). The Kier molecular flexibility index (Phi) is 3.77. The van der Waals surface area contributed by atoms with Gasteiger partial charge in [-0.2, -0.15) is 4.98 Å². The van der Waals surface area contributed by atoms with Crippen molar-refractivity contribution in [3.05, 3.63) is 48.5 Å². The van der Waals surface area contributed by atoms with E-state index in [4.69, 9.17) is 10.2 Å². The fourth-order valence-corrected chi connectivity index (χ4v) is 2.31. The standard InChI is InChI=1S/C17H19N3O/c1-2-3-11-20(14-7-5-4-6-8-14)17-19-15-12-13(18)9-10-16(15)21-17/h4-10,12H,2-3,11,18H2,1H3. The zero-order valence-corrected chi connectivity index (χ0v) is 12.1. The van der Waals surface area contributed by atoms with Crippen molar-refractivity contribution in [3.8, 4) is 0 Å². The van der Waals surface area contributed by atoms with E-state index in [1.165, 1.54) is 0 Å². The quantitative estimate of drug-likeness (QED) is 0.706. The van der Waals surface area contributed by atoms with Gasteiger partial charge in [0.1, 0.15) is 5.52 Å². The number of para-hydroxylation sites is 1. The van der Waals surface area contributed by atoms with Crippen LogP contribution >= 0.6 is 0 Å². The molecular formula is C17H19N3O. The first kappa shape index (κ1) is 13.5. The van der Waals surface area contributed by atoms with Gasteiger partial charge in [0.25, 0.3) is 0 Å². The number of hydrogen-bond acceptors (Lipinski definition) is 4. The van der Waals surface area contributed by atoms with E-state index in [2.05, 4.69) is 28.9 Å². The van der Waals surface area contributed by atoms with Crippen LogP contribution in [-0.4, -0.2) is 11.5 Å². The van der Waals surface area contributed by atoms with Gasteiger partial charge in [0.05, 0.1) is 0 Å². The second-order valence-corrected chi connectivity index (χ2v) is 5.06. The zero-order valence-electron chi connectivity index (χ0n) is 12.1. The molecule has 0 aliphatic carbocycles. The molecule has 108 valence electrons. The molecular weight excluding hydrogens is 262 g/mol. The Morgan fingerprint density at radius 1 is 1.14 bits per heavy atom. The number of unbranched alkanes of at least 4 members (excludes halogenated alkanes) is 1. The lowest BCUT2D eigenvalue weighted by molar-refractivity contribution is 0.586. The zero-order chi connectivity index (χ0) is 14.7. The summed E-state index contributed by atoms with van der Waals surface area (Å²) in [5.41, 5.74) is 9.14. The SMILES string of the molecule is CCCCN(c1ccccc1)c1nc2cc(N)ccc2o1. The van der Waals surface area contributed by atoms with Crippen molar-refractivity contribution in [3.63, 3.8) is 0 Å². The summed E-state index contributed by atoms with van der Waals surface area (Å²) in [6, 6.07) is 16.3. The van der Waals surface area contributed by atoms with Gasteiger partial charge in [0.15, 0.2) is 5.58 Å². The molecule has 0 spiro atoms. The van der Waals surface area contributed by atoms with Crippen molar-refractivity contribution in [1.29, 1.82) is 0 Å². The summed E-state index contributed by atoms with van der Waals surface area (Å²) in [6.07, 6.45) is 2.20. The van der Waals surface area contributed by atoms with E-state index in [9.17, 15) is 0 Å². The number of fused-ring (bicyclic) bond motifs is 1. The second-order valence-electron chi connectivity index (χ2n) is 5.06. The van der Waals surface area contributed by atoms with Crippen LogP contribution in [0.3, 0.4) is 0 Å². The number of hydrogen-bond donors (Lipinski definition) is 1. The van der Waals surface area contributed by atoms with Crippen LogP contribution < -0.4 is 10.6 Å². The highest BCUT2D eigenvalue weighted by Gasteiger charge is 2.15. The Morgan fingerprint density at radius 2 is 1.95 bits per heavy atom. The Hall–Kier alpha value is -2.49. The van der Waals surface area contributed by atoms with Crippen molar-refractivity contribution in [2.75, 3.05) is 17.2 Å². The van der Waals surface area contributed by atoms with Crippen LogP contribution in [0.4, 0.5) is 17.4 Å². The molecule has 0 radical (unpaired) electrons. The molecule has 4 heteroatoms. The van der Waals surface area contributed by atoms with Crippen LogP contribution in [0.2, 0.25) is 0 Å². The molecule has 0 bridgehead atoms. The maximum absolute atomic E-state index is 5.90. The minimum absolute atomic E-state index is 0.621. The fourth-order valence-electron chi connectivity index (χ4n) is 2.31. The summed E-state index contributed by atoms with van der Waals surface area (Å²) in [4.78, 5) is 6.69. The van der Waals surface area contributed by atoms with Gasteiger partial charge in [-0.1, -0.05) is 31.5 Å². The van der Waals surface area contributed by atoms with Crippen LogP contribution in [0, 0.1) is 0 Å². The van der Waals surface area contributed by atoms with E-state index in [0.29, 0.717) is 11.7 Å². The lowest BCUT2D eigenvalue weighted by Gasteiger charge is -2.20. The third-order valence-electron chi connectivity index (χ3n) is 3.43. The lowest BCUT2D eigenvalue weighted by Crippen LogP contribution is -2.18. The van der Waals surface area contributed by atoms with E-state index in [0.717, 1.165) is 36.2 Å². The van der Waals surface area contributed by atoms with Gasteiger partial charge in [-0.05, 0) is 36.8 Å². The van der Waals surface area contributed by atoms with Gasteiger partial charge in [-0.15, -0.1) is 0 Å². The third kappa shape index (κ3) is 2.84. The van der Waals surface area contributed by atoms with Crippen molar-refractivity contribution in [1.82, 2.24) is 4.98 Å². The summed E-state index contributed by atoms with van der Waals surface area (Å²) >= 11 is 0. The molecule has 0 aliphatic rings. The third-order valence-corrected chi connectivity index (χ3v) is 3.43. The minimum Gasteiger partial charge on any atom is -0.423 e. The first-order chi connectivity index (χ1) is 10.3. The number of nitrogens with zero attached hydrogens (tertiary/aromatic N) is 2. The van der Waals surface area contributed by atoms with E-state index < -0.39 is 0 Å². The number of benzene rings is 2. The molecule has 0 unspecified atom stereocenters. The van der Waals surface area contributed by atoms with Gasteiger partial charge in [-0.3, -0.25) is 4.90 Å². The van der Waals surface area contributed by atoms with Crippen LogP contribution in [0.25, 0.3) is 11.1 Å². The first-order valence-corrected chi connectivity index (χ1v) is 7.26. The maximum atomic E-state index is 5.90. The van der Waals surface area contributed by atoms with Crippen LogP contribution in [-0.2, 0) is 0 Å². The highest BCUT2D eigenvalue weighted by Crippen LogP contribution is 2.29. The van der Waals surface area contributed by atoms with E-state index in [1.54, 1.807) is 0 Å². The Morgan fingerprint density at radius 3 is 2.71 bits per heavy atom. The number of nitrogen functional groups attached to an aromatic ring is 1. The monoisotopic (exact) mass is 281 g/mol. The largest absolute Gasteiger partial charge is 0.423 e. The number of anilines is 3. The molecule has 0 fully saturated rings. The Bertz CT molecular complexity index is 721. The van der Waals surface area contributed by atoms with Crippen LogP contribution in [0.15, 0.2) is 52.9 Å². The average Bonchev–Trinajstić information content (AvgIpc) is 2.91. The Balaban J connectivity index is 2.01. The van der Waals surface area contributed by atoms with Crippen LogP contribution in [0.5, 0.6) is 0 Å². The summed E-state index contributed by atoms with van der Waals surface area (Å²) in [5.74, 6) is 0. The van der Waals surface area contributed by atoms with Gasteiger partial charge < -0.3 is 10.2 Å². The molecule has 0 aliphatic heterocycles. The summed E-state index contributed by atoms with van der Waals surface area (Å²) in [5, 5.41) is 0. The topological polar surface area (TPSA) is 55.3 Å². The highest BCUT2D eigenvalue weighted by molar-refractivity contribution is 5.79. The predicted molar refractivity (Wildman–Crippen MR) is 86.8 cm³/mol. The van der Waals surface area contributed by atoms with E-state index in [1.807, 2.05) is 36.4 Å². The lowest BCUT2D eigenvalue weighted by atomic mass is 10.2. The number of oxazole rings is 1. The van der Waals surface area contributed by atoms with Crippen molar-refractivity contribution in [2.45, 2.75) is 19.8 Å².